The molecule has 23 heavy (non-hydrogen) atoms. The third-order valence-electron chi connectivity index (χ3n) is 2.72. The van der Waals surface area contributed by atoms with E-state index in [9.17, 15) is 0 Å². The van der Waals surface area contributed by atoms with E-state index in [4.69, 9.17) is 9.15 Å². The van der Waals surface area contributed by atoms with Crippen LogP contribution >= 0.6 is 23.1 Å². The monoisotopic (exact) mass is 349 g/mol. The molecule has 0 radical (unpaired) electrons. The standard InChI is InChI=1S/C14H15N5O2S2/c1-3-20-11-7-5-4-6-10(11)15-13-18-19-14(23-13)22-8-12-17-16-9(2)21-12/h4-7H,3,8H2,1-2H3,(H,15,18). The first-order valence-electron chi connectivity index (χ1n) is 6.98. The lowest BCUT2D eigenvalue weighted by molar-refractivity contribution is 0.342. The summed E-state index contributed by atoms with van der Waals surface area (Å²) in [6.45, 7) is 4.33. The second kappa shape index (κ2) is 7.42. The topological polar surface area (TPSA) is 86.0 Å². The molecular weight excluding hydrogens is 334 g/mol. The van der Waals surface area contributed by atoms with Crippen LogP contribution in [0.25, 0.3) is 0 Å². The molecule has 0 atom stereocenters. The van der Waals surface area contributed by atoms with Crippen molar-refractivity contribution in [1.82, 2.24) is 20.4 Å². The summed E-state index contributed by atoms with van der Waals surface area (Å²) in [6.07, 6.45) is 0. The maximum Gasteiger partial charge on any atom is 0.226 e. The van der Waals surface area contributed by atoms with Gasteiger partial charge in [0.2, 0.25) is 16.9 Å². The van der Waals surface area contributed by atoms with Gasteiger partial charge in [0.1, 0.15) is 5.75 Å². The number of aromatic nitrogens is 4. The van der Waals surface area contributed by atoms with E-state index in [0.717, 1.165) is 15.8 Å². The fourth-order valence-electron chi connectivity index (χ4n) is 1.80. The largest absolute Gasteiger partial charge is 0.492 e. The van der Waals surface area contributed by atoms with Gasteiger partial charge in [-0.25, -0.2) is 0 Å². The van der Waals surface area contributed by atoms with E-state index in [1.165, 1.54) is 23.1 Å². The van der Waals surface area contributed by atoms with Gasteiger partial charge in [0.15, 0.2) is 4.34 Å². The number of rotatable bonds is 7. The molecule has 7 nitrogen and oxygen atoms in total. The van der Waals surface area contributed by atoms with Gasteiger partial charge in [0.05, 0.1) is 18.0 Å². The van der Waals surface area contributed by atoms with Crippen molar-refractivity contribution in [1.29, 1.82) is 0 Å². The van der Waals surface area contributed by atoms with Crippen LogP contribution in [-0.4, -0.2) is 27.0 Å². The van der Waals surface area contributed by atoms with Gasteiger partial charge in [-0.05, 0) is 19.1 Å². The van der Waals surface area contributed by atoms with Crippen LogP contribution < -0.4 is 10.1 Å². The Bertz CT molecular complexity index is 774. The van der Waals surface area contributed by atoms with E-state index in [1.54, 1.807) is 6.92 Å². The molecule has 2 heterocycles. The molecular formula is C14H15N5O2S2. The van der Waals surface area contributed by atoms with Crippen LogP contribution in [0.3, 0.4) is 0 Å². The van der Waals surface area contributed by atoms with Gasteiger partial charge in [-0.15, -0.1) is 20.4 Å². The van der Waals surface area contributed by atoms with Crippen LogP contribution in [0.15, 0.2) is 33.0 Å². The van der Waals surface area contributed by atoms with E-state index >= 15 is 0 Å². The van der Waals surface area contributed by atoms with Crippen molar-refractivity contribution in [2.45, 2.75) is 23.9 Å². The van der Waals surface area contributed by atoms with Crippen LogP contribution in [-0.2, 0) is 5.75 Å². The van der Waals surface area contributed by atoms with E-state index in [-0.39, 0.29) is 0 Å². The zero-order valence-electron chi connectivity index (χ0n) is 12.6. The molecule has 0 saturated carbocycles. The maximum atomic E-state index is 5.58. The van der Waals surface area contributed by atoms with E-state index in [1.807, 2.05) is 31.2 Å². The molecule has 0 fully saturated rings. The first-order valence-corrected chi connectivity index (χ1v) is 8.79. The molecule has 0 amide bonds. The minimum atomic E-state index is 0.563. The molecule has 0 unspecified atom stereocenters. The summed E-state index contributed by atoms with van der Waals surface area (Å²) in [7, 11) is 0. The second-order valence-corrected chi connectivity index (χ2v) is 6.63. The number of hydrogen-bond donors (Lipinski definition) is 1. The number of aryl methyl sites for hydroxylation is 1. The summed E-state index contributed by atoms with van der Waals surface area (Å²) in [4.78, 5) is 0. The zero-order chi connectivity index (χ0) is 16.1. The Morgan fingerprint density at radius 2 is 2.09 bits per heavy atom. The number of nitrogens with one attached hydrogen (secondary N) is 1. The molecule has 3 aromatic rings. The van der Waals surface area contributed by atoms with E-state index in [0.29, 0.717) is 29.3 Å². The lowest BCUT2D eigenvalue weighted by atomic mass is 10.3. The Morgan fingerprint density at radius 1 is 1.22 bits per heavy atom. The van der Waals surface area contributed by atoms with Crippen molar-refractivity contribution < 1.29 is 9.15 Å². The summed E-state index contributed by atoms with van der Waals surface area (Å²) in [5, 5.41) is 20.0. The third-order valence-corrected chi connectivity index (χ3v) is 4.68. The third kappa shape index (κ3) is 4.20. The van der Waals surface area contributed by atoms with Gasteiger partial charge in [-0.2, -0.15) is 0 Å². The van der Waals surface area contributed by atoms with Crippen LogP contribution in [0.5, 0.6) is 5.75 Å². The van der Waals surface area contributed by atoms with Crippen molar-refractivity contribution in [3.05, 3.63) is 36.0 Å². The number of benzene rings is 1. The normalized spacial score (nSPS) is 10.7. The predicted octanol–water partition coefficient (Wildman–Crippen LogP) is 3.66. The number of nitrogens with zero attached hydrogens (tertiary/aromatic N) is 4. The highest BCUT2D eigenvalue weighted by Crippen LogP contribution is 2.32. The minimum Gasteiger partial charge on any atom is -0.492 e. The Hall–Kier alpha value is -2.13. The van der Waals surface area contributed by atoms with E-state index < -0.39 is 0 Å². The summed E-state index contributed by atoms with van der Waals surface area (Å²) >= 11 is 2.97. The van der Waals surface area contributed by atoms with Gasteiger partial charge in [0.25, 0.3) is 0 Å². The fraction of sp³-hybridized carbons (Fsp3) is 0.286. The van der Waals surface area contributed by atoms with Gasteiger partial charge in [-0.1, -0.05) is 35.2 Å². The first kappa shape index (κ1) is 15.8. The molecule has 0 bridgehead atoms. The lowest BCUT2D eigenvalue weighted by Crippen LogP contribution is -1.97. The number of anilines is 2. The van der Waals surface area contributed by atoms with Crippen LogP contribution in [0.4, 0.5) is 10.8 Å². The second-order valence-electron chi connectivity index (χ2n) is 4.43. The smallest absolute Gasteiger partial charge is 0.226 e. The summed E-state index contributed by atoms with van der Waals surface area (Å²) in [5.74, 6) is 2.51. The van der Waals surface area contributed by atoms with Crippen LogP contribution in [0, 0.1) is 6.92 Å². The molecule has 120 valence electrons. The van der Waals surface area contributed by atoms with Crippen LogP contribution in [0.2, 0.25) is 0 Å². The summed E-state index contributed by atoms with van der Waals surface area (Å²) < 4.78 is 11.7. The molecule has 0 saturated heterocycles. The number of hydrogen-bond acceptors (Lipinski definition) is 9. The Morgan fingerprint density at radius 3 is 2.87 bits per heavy atom. The number of ether oxygens (including phenoxy) is 1. The summed E-state index contributed by atoms with van der Waals surface area (Å²) in [5.41, 5.74) is 0.870. The Kier molecular flexibility index (Phi) is 5.09. The summed E-state index contributed by atoms with van der Waals surface area (Å²) in [6, 6.07) is 7.74. The van der Waals surface area contributed by atoms with Gasteiger partial charge in [0, 0.05) is 6.92 Å². The van der Waals surface area contributed by atoms with Crippen molar-refractivity contribution in [2.24, 2.45) is 0 Å². The fourth-order valence-corrected chi connectivity index (χ4v) is 3.41. The molecule has 3 rings (SSSR count). The Balaban J connectivity index is 1.63. The zero-order valence-corrected chi connectivity index (χ0v) is 14.3. The van der Waals surface area contributed by atoms with Gasteiger partial charge >= 0.3 is 0 Å². The highest BCUT2D eigenvalue weighted by Gasteiger charge is 2.10. The predicted molar refractivity (Wildman–Crippen MR) is 89.4 cm³/mol. The number of para-hydroxylation sites is 2. The van der Waals surface area contributed by atoms with E-state index in [2.05, 4.69) is 25.7 Å². The van der Waals surface area contributed by atoms with Crippen molar-refractivity contribution in [3.63, 3.8) is 0 Å². The highest BCUT2D eigenvalue weighted by molar-refractivity contribution is 8.00. The average molecular weight is 349 g/mol. The SMILES string of the molecule is CCOc1ccccc1Nc1nnc(SCc2nnc(C)o2)s1. The maximum absolute atomic E-state index is 5.58. The first-order chi connectivity index (χ1) is 11.2. The quantitative estimate of drug-likeness (QED) is 0.647. The molecule has 2 aromatic heterocycles. The van der Waals surface area contributed by atoms with Crippen molar-refractivity contribution >= 4 is 33.9 Å². The molecule has 1 N–H and O–H groups in total. The highest BCUT2D eigenvalue weighted by atomic mass is 32.2. The molecule has 0 spiro atoms. The van der Waals surface area contributed by atoms with Crippen LogP contribution in [0.1, 0.15) is 18.7 Å². The van der Waals surface area contributed by atoms with Gasteiger partial charge in [-0.3, -0.25) is 0 Å². The van der Waals surface area contributed by atoms with Crippen molar-refractivity contribution in [3.8, 4) is 5.75 Å². The minimum absolute atomic E-state index is 0.563. The number of thioether (sulfide) groups is 1. The van der Waals surface area contributed by atoms with Gasteiger partial charge < -0.3 is 14.5 Å². The molecule has 0 aliphatic heterocycles. The lowest BCUT2D eigenvalue weighted by Gasteiger charge is -2.09. The van der Waals surface area contributed by atoms with Crippen molar-refractivity contribution in [2.75, 3.05) is 11.9 Å². The average Bonchev–Trinajstić information content (AvgIpc) is 3.16. The molecule has 9 heteroatoms. The molecule has 0 aliphatic carbocycles. The Labute approximate surface area is 141 Å². The molecule has 1 aromatic carbocycles. The molecule has 0 aliphatic rings.